The molecule has 0 aliphatic rings. The third-order valence-electron chi connectivity index (χ3n) is 2.64. The van der Waals surface area contributed by atoms with E-state index in [2.05, 4.69) is 9.97 Å². The maximum atomic E-state index is 5.71. The van der Waals surface area contributed by atoms with Gasteiger partial charge in [-0.05, 0) is 5.56 Å². The Kier molecular flexibility index (Phi) is 4.86. The molecule has 0 aliphatic carbocycles. The summed E-state index contributed by atoms with van der Waals surface area (Å²) in [5.74, 6) is 1.38. The number of methoxy groups -OCH3 is 1. The number of nitrogens with zero attached hydrogens (tertiary/aromatic N) is 2. The second-order valence-electron chi connectivity index (χ2n) is 4.17. The lowest BCUT2D eigenvalue weighted by atomic mass is 10.2. The molecule has 1 aromatic heterocycles. The van der Waals surface area contributed by atoms with E-state index in [1.807, 2.05) is 43.3 Å². The van der Waals surface area contributed by atoms with Crippen LogP contribution in [0, 0.1) is 0 Å². The first-order chi connectivity index (χ1) is 9.31. The molecule has 100 valence electrons. The van der Waals surface area contributed by atoms with Gasteiger partial charge in [0, 0.05) is 19.6 Å². The maximum absolute atomic E-state index is 5.71. The van der Waals surface area contributed by atoms with Crippen LogP contribution in [0.3, 0.4) is 0 Å². The monoisotopic (exact) mass is 258 g/mol. The van der Waals surface area contributed by atoms with Crippen molar-refractivity contribution < 1.29 is 9.47 Å². The highest BCUT2D eigenvalue weighted by molar-refractivity contribution is 5.18. The Morgan fingerprint density at radius 2 is 1.84 bits per heavy atom. The van der Waals surface area contributed by atoms with Gasteiger partial charge in [-0.3, -0.25) is 0 Å². The van der Waals surface area contributed by atoms with Gasteiger partial charge in [-0.15, -0.1) is 0 Å². The van der Waals surface area contributed by atoms with Crippen molar-refractivity contribution in [3.8, 4) is 5.88 Å². The summed E-state index contributed by atoms with van der Waals surface area (Å²) in [7, 11) is 1.65. The number of benzene rings is 1. The van der Waals surface area contributed by atoms with E-state index in [-0.39, 0.29) is 0 Å². The fourth-order valence-corrected chi connectivity index (χ4v) is 1.71. The van der Waals surface area contributed by atoms with Crippen molar-refractivity contribution in [1.29, 1.82) is 0 Å². The Bertz CT molecular complexity index is 515. The zero-order chi connectivity index (χ0) is 13.5. The minimum atomic E-state index is 0.469. The lowest BCUT2D eigenvalue weighted by Crippen LogP contribution is -2.04. The summed E-state index contributed by atoms with van der Waals surface area (Å²) < 4.78 is 10.8. The minimum absolute atomic E-state index is 0.469. The average Bonchev–Trinajstić information content (AvgIpc) is 2.46. The van der Waals surface area contributed by atoms with Crippen molar-refractivity contribution >= 4 is 0 Å². The summed E-state index contributed by atoms with van der Waals surface area (Å²) in [5.41, 5.74) is 1.96. The maximum Gasteiger partial charge on any atom is 0.217 e. The highest BCUT2D eigenvalue weighted by Gasteiger charge is 2.05. The average molecular weight is 258 g/mol. The Hall–Kier alpha value is -1.94. The zero-order valence-electron chi connectivity index (χ0n) is 11.3. The van der Waals surface area contributed by atoms with E-state index in [0.29, 0.717) is 19.1 Å². The van der Waals surface area contributed by atoms with Crippen molar-refractivity contribution in [1.82, 2.24) is 9.97 Å². The van der Waals surface area contributed by atoms with Crippen LogP contribution in [0.15, 0.2) is 36.4 Å². The number of ether oxygens (including phenoxy) is 2. The molecule has 0 amide bonds. The van der Waals surface area contributed by atoms with E-state index in [1.54, 1.807) is 7.11 Å². The molecule has 1 heterocycles. The van der Waals surface area contributed by atoms with Gasteiger partial charge in [0.25, 0.3) is 0 Å². The Morgan fingerprint density at radius 1 is 1.05 bits per heavy atom. The summed E-state index contributed by atoms with van der Waals surface area (Å²) in [6.07, 6.45) is 0.777. The highest BCUT2D eigenvalue weighted by Crippen LogP contribution is 2.13. The Morgan fingerprint density at radius 3 is 2.53 bits per heavy atom. The van der Waals surface area contributed by atoms with E-state index < -0.39 is 0 Å². The highest BCUT2D eigenvalue weighted by atomic mass is 16.5. The molecule has 0 aliphatic heterocycles. The van der Waals surface area contributed by atoms with Crippen LogP contribution in [0.1, 0.15) is 24.0 Å². The van der Waals surface area contributed by atoms with Crippen molar-refractivity contribution in [3.05, 3.63) is 53.5 Å². The van der Waals surface area contributed by atoms with Crippen LogP contribution < -0.4 is 4.74 Å². The number of aromatic nitrogens is 2. The predicted octanol–water partition coefficient (Wildman–Crippen LogP) is 2.76. The first kappa shape index (κ1) is 13.5. The normalized spacial score (nSPS) is 10.4. The van der Waals surface area contributed by atoms with E-state index in [0.717, 1.165) is 23.5 Å². The summed E-state index contributed by atoms with van der Waals surface area (Å²) in [6, 6.07) is 11.8. The van der Waals surface area contributed by atoms with Gasteiger partial charge in [-0.1, -0.05) is 37.3 Å². The van der Waals surface area contributed by atoms with Crippen LogP contribution in [-0.4, -0.2) is 17.1 Å². The fourth-order valence-electron chi connectivity index (χ4n) is 1.71. The molecular formula is C15H18N2O2. The van der Waals surface area contributed by atoms with E-state index >= 15 is 0 Å². The van der Waals surface area contributed by atoms with Gasteiger partial charge >= 0.3 is 0 Å². The lowest BCUT2D eigenvalue weighted by molar-refractivity contribution is 0.180. The van der Waals surface area contributed by atoms with Gasteiger partial charge in [0.15, 0.2) is 0 Å². The zero-order valence-corrected chi connectivity index (χ0v) is 11.3. The van der Waals surface area contributed by atoms with E-state index in [4.69, 9.17) is 9.47 Å². The molecule has 0 unspecified atom stereocenters. The molecule has 0 radical (unpaired) electrons. The lowest BCUT2D eigenvalue weighted by Gasteiger charge is -2.08. The standard InChI is InChI=1S/C15H18N2O2/c1-3-14-16-13(11-18-2)9-15(17-14)19-10-12-7-5-4-6-8-12/h4-9H,3,10-11H2,1-2H3. The van der Waals surface area contributed by atoms with Crippen molar-refractivity contribution in [2.75, 3.05) is 7.11 Å². The van der Waals surface area contributed by atoms with Crippen LogP contribution in [0.2, 0.25) is 0 Å². The first-order valence-electron chi connectivity index (χ1n) is 6.34. The Balaban J connectivity index is 2.08. The summed E-state index contributed by atoms with van der Waals surface area (Å²) in [6.45, 7) is 3.00. The number of rotatable bonds is 6. The fraction of sp³-hybridized carbons (Fsp3) is 0.333. The van der Waals surface area contributed by atoms with Crippen LogP contribution in [0.5, 0.6) is 5.88 Å². The van der Waals surface area contributed by atoms with Crippen molar-refractivity contribution in [3.63, 3.8) is 0 Å². The van der Waals surface area contributed by atoms with Gasteiger partial charge in [-0.2, -0.15) is 4.98 Å². The van der Waals surface area contributed by atoms with Gasteiger partial charge in [0.05, 0.1) is 12.3 Å². The smallest absolute Gasteiger partial charge is 0.217 e. The molecule has 4 nitrogen and oxygen atoms in total. The van der Waals surface area contributed by atoms with Crippen LogP contribution in [0.4, 0.5) is 0 Å². The SMILES string of the molecule is CCc1nc(COC)cc(OCc2ccccc2)n1. The first-order valence-corrected chi connectivity index (χ1v) is 6.34. The largest absolute Gasteiger partial charge is 0.473 e. The molecule has 1 aromatic carbocycles. The molecule has 0 fully saturated rings. The summed E-state index contributed by atoms with van der Waals surface area (Å²) >= 11 is 0. The molecule has 0 spiro atoms. The minimum Gasteiger partial charge on any atom is -0.473 e. The van der Waals surface area contributed by atoms with Crippen LogP contribution in [0.25, 0.3) is 0 Å². The molecule has 0 saturated carbocycles. The third kappa shape index (κ3) is 4.03. The van der Waals surface area contributed by atoms with Gasteiger partial charge in [0.1, 0.15) is 12.4 Å². The van der Waals surface area contributed by atoms with Gasteiger partial charge < -0.3 is 9.47 Å². The molecule has 0 atom stereocenters. The second kappa shape index (κ2) is 6.85. The summed E-state index contributed by atoms with van der Waals surface area (Å²) in [5, 5.41) is 0. The molecule has 19 heavy (non-hydrogen) atoms. The molecule has 2 rings (SSSR count). The van der Waals surface area contributed by atoms with Gasteiger partial charge in [0.2, 0.25) is 5.88 Å². The number of hydrogen-bond donors (Lipinski definition) is 0. The van der Waals surface area contributed by atoms with Crippen LogP contribution in [-0.2, 0) is 24.4 Å². The van der Waals surface area contributed by atoms with Crippen molar-refractivity contribution in [2.24, 2.45) is 0 Å². The Labute approximate surface area is 113 Å². The number of hydrogen-bond acceptors (Lipinski definition) is 4. The van der Waals surface area contributed by atoms with Crippen molar-refractivity contribution in [2.45, 2.75) is 26.6 Å². The van der Waals surface area contributed by atoms with Crippen LogP contribution >= 0.6 is 0 Å². The molecule has 0 bridgehead atoms. The third-order valence-corrected chi connectivity index (χ3v) is 2.64. The molecular weight excluding hydrogens is 240 g/mol. The second-order valence-corrected chi connectivity index (χ2v) is 4.17. The quantitative estimate of drug-likeness (QED) is 0.799. The molecule has 0 N–H and O–H groups in total. The van der Waals surface area contributed by atoms with E-state index in [1.165, 1.54) is 0 Å². The molecule has 2 aromatic rings. The summed E-state index contributed by atoms with van der Waals surface area (Å²) in [4.78, 5) is 8.74. The molecule has 0 saturated heterocycles. The predicted molar refractivity (Wildman–Crippen MR) is 72.9 cm³/mol. The number of aryl methyl sites for hydroxylation is 1. The van der Waals surface area contributed by atoms with E-state index in [9.17, 15) is 0 Å². The molecule has 4 heteroatoms. The topological polar surface area (TPSA) is 44.2 Å². The van der Waals surface area contributed by atoms with Gasteiger partial charge in [-0.25, -0.2) is 4.98 Å².